The van der Waals surface area contributed by atoms with Gasteiger partial charge in [0.15, 0.2) is 0 Å². The molecule has 0 amide bonds. The largest absolute Gasteiger partial charge is 0.328 e. The Morgan fingerprint density at radius 2 is 1.94 bits per heavy atom. The van der Waals surface area contributed by atoms with Crippen LogP contribution in [0.5, 0.6) is 0 Å². The quantitative estimate of drug-likeness (QED) is 0.458. The van der Waals surface area contributed by atoms with E-state index < -0.39 is 0 Å². The maximum Gasteiger partial charge on any atom is 0.00104 e. The summed E-state index contributed by atoms with van der Waals surface area (Å²) in [6.45, 7) is 10.6. The number of nitrogens with zero attached hydrogens (tertiary/aromatic N) is 1. The molecule has 0 spiro atoms. The second-order valence-electron chi connectivity index (χ2n) is 5.21. The molecule has 2 N–H and O–H groups in total. The third-order valence-corrected chi connectivity index (χ3v) is 2.93. The normalized spacial score (nSPS) is 15.1. The minimum Gasteiger partial charge on any atom is -0.328 e. The number of rotatable bonds is 10. The Morgan fingerprint density at radius 1 is 1.25 bits per heavy atom. The van der Waals surface area contributed by atoms with Crippen molar-refractivity contribution in [2.75, 3.05) is 20.1 Å². The van der Waals surface area contributed by atoms with Crippen molar-refractivity contribution in [1.82, 2.24) is 4.90 Å². The van der Waals surface area contributed by atoms with Crippen LogP contribution in [-0.2, 0) is 0 Å². The van der Waals surface area contributed by atoms with Crippen LogP contribution in [0.4, 0.5) is 0 Å². The Morgan fingerprint density at radius 3 is 2.50 bits per heavy atom. The van der Waals surface area contributed by atoms with Crippen LogP contribution in [0.15, 0.2) is 12.7 Å². The Labute approximate surface area is 102 Å². The van der Waals surface area contributed by atoms with E-state index in [0.717, 1.165) is 18.8 Å². The van der Waals surface area contributed by atoms with Gasteiger partial charge in [-0.1, -0.05) is 19.4 Å². The van der Waals surface area contributed by atoms with Crippen molar-refractivity contribution in [2.45, 2.75) is 52.0 Å². The fourth-order valence-electron chi connectivity index (χ4n) is 2.01. The Kier molecular flexibility index (Phi) is 9.65. The first-order chi connectivity index (χ1) is 7.56. The molecule has 2 heteroatoms. The minimum atomic E-state index is 0.359. The molecule has 0 aromatic carbocycles. The van der Waals surface area contributed by atoms with Crippen molar-refractivity contribution in [3.8, 4) is 0 Å². The van der Waals surface area contributed by atoms with Gasteiger partial charge in [0.1, 0.15) is 0 Å². The molecule has 2 atom stereocenters. The molecule has 0 aliphatic heterocycles. The van der Waals surface area contributed by atoms with Crippen molar-refractivity contribution in [3.05, 3.63) is 12.7 Å². The molecular weight excluding hydrogens is 196 g/mol. The third-order valence-electron chi connectivity index (χ3n) is 2.93. The molecule has 2 nitrogen and oxygen atoms in total. The lowest BCUT2D eigenvalue weighted by Crippen LogP contribution is -2.25. The Balaban J connectivity index is 3.45. The van der Waals surface area contributed by atoms with Crippen LogP contribution in [-0.4, -0.2) is 31.1 Å². The highest BCUT2D eigenvalue weighted by molar-refractivity contribution is 4.68. The molecule has 96 valence electrons. The van der Waals surface area contributed by atoms with E-state index in [9.17, 15) is 0 Å². The number of hydrogen-bond acceptors (Lipinski definition) is 2. The lowest BCUT2D eigenvalue weighted by atomic mass is 10.0. The van der Waals surface area contributed by atoms with E-state index in [4.69, 9.17) is 5.73 Å². The zero-order valence-electron chi connectivity index (χ0n) is 11.4. The van der Waals surface area contributed by atoms with Crippen LogP contribution in [0.2, 0.25) is 0 Å². The summed E-state index contributed by atoms with van der Waals surface area (Å²) in [5.41, 5.74) is 5.74. The summed E-state index contributed by atoms with van der Waals surface area (Å²) < 4.78 is 0. The van der Waals surface area contributed by atoms with Gasteiger partial charge < -0.3 is 10.6 Å². The average Bonchev–Trinajstić information content (AvgIpc) is 2.17. The summed E-state index contributed by atoms with van der Waals surface area (Å²) in [4.78, 5) is 2.43. The van der Waals surface area contributed by atoms with Gasteiger partial charge in [0.05, 0.1) is 0 Å². The lowest BCUT2D eigenvalue weighted by molar-refractivity contribution is 0.272. The SMILES string of the molecule is C=CCCCN(C)CC(C)CCCC(C)N. The Bertz CT molecular complexity index is 166. The third kappa shape index (κ3) is 10.2. The number of allylic oxidation sites excluding steroid dienone is 1. The molecule has 16 heavy (non-hydrogen) atoms. The molecule has 0 rings (SSSR count). The van der Waals surface area contributed by atoms with Crippen LogP contribution in [0.3, 0.4) is 0 Å². The van der Waals surface area contributed by atoms with Gasteiger partial charge in [0, 0.05) is 12.6 Å². The van der Waals surface area contributed by atoms with Gasteiger partial charge in [-0.15, -0.1) is 6.58 Å². The van der Waals surface area contributed by atoms with Crippen molar-refractivity contribution >= 4 is 0 Å². The van der Waals surface area contributed by atoms with E-state index >= 15 is 0 Å². The van der Waals surface area contributed by atoms with Crippen molar-refractivity contribution < 1.29 is 0 Å². The standard InChI is InChI=1S/C14H30N2/c1-5-6-7-11-16(4)12-13(2)9-8-10-14(3)15/h5,13-14H,1,6-12,15H2,2-4H3. The monoisotopic (exact) mass is 226 g/mol. The van der Waals surface area contributed by atoms with Crippen LogP contribution >= 0.6 is 0 Å². The highest BCUT2D eigenvalue weighted by Gasteiger charge is 2.06. The fraction of sp³-hybridized carbons (Fsp3) is 0.857. The molecule has 0 aliphatic carbocycles. The van der Waals surface area contributed by atoms with Gasteiger partial charge in [0.2, 0.25) is 0 Å². The summed E-state index contributed by atoms with van der Waals surface area (Å²) in [7, 11) is 2.21. The van der Waals surface area contributed by atoms with Gasteiger partial charge in [-0.25, -0.2) is 0 Å². The zero-order chi connectivity index (χ0) is 12.4. The highest BCUT2D eigenvalue weighted by Crippen LogP contribution is 2.10. The van der Waals surface area contributed by atoms with E-state index in [1.54, 1.807) is 0 Å². The summed E-state index contributed by atoms with van der Waals surface area (Å²) in [6.07, 6.45) is 8.08. The maximum absolute atomic E-state index is 5.74. The fourth-order valence-corrected chi connectivity index (χ4v) is 2.01. The maximum atomic E-state index is 5.74. The molecule has 0 saturated carbocycles. The van der Waals surface area contributed by atoms with Crippen LogP contribution in [0, 0.1) is 5.92 Å². The predicted octanol–water partition coefficient (Wildman–Crippen LogP) is 3.04. The minimum absolute atomic E-state index is 0.359. The van der Waals surface area contributed by atoms with E-state index in [2.05, 4.69) is 32.4 Å². The number of nitrogens with two attached hydrogens (primary N) is 1. The first kappa shape index (κ1) is 15.7. The van der Waals surface area contributed by atoms with E-state index in [0.29, 0.717) is 6.04 Å². The molecule has 0 aromatic heterocycles. The topological polar surface area (TPSA) is 29.3 Å². The van der Waals surface area contributed by atoms with Crippen molar-refractivity contribution in [2.24, 2.45) is 11.7 Å². The van der Waals surface area contributed by atoms with Gasteiger partial charge in [-0.3, -0.25) is 0 Å². The van der Waals surface area contributed by atoms with Crippen molar-refractivity contribution in [1.29, 1.82) is 0 Å². The first-order valence-electron chi connectivity index (χ1n) is 6.61. The molecule has 0 aromatic rings. The van der Waals surface area contributed by atoms with Crippen molar-refractivity contribution in [3.63, 3.8) is 0 Å². The highest BCUT2D eigenvalue weighted by atomic mass is 15.1. The molecule has 2 unspecified atom stereocenters. The second kappa shape index (κ2) is 9.86. The Hall–Kier alpha value is -0.340. The van der Waals surface area contributed by atoms with Gasteiger partial charge in [0.25, 0.3) is 0 Å². The first-order valence-corrected chi connectivity index (χ1v) is 6.61. The van der Waals surface area contributed by atoms with Gasteiger partial charge >= 0.3 is 0 Å². The van der Waals surface area contributed by atoms with Crippen LogP contribution in [0.25, 0.3) is 0 Å². The molecule has 0 radical (unpaired) electrons. The summed E-state index contributed by atoms with van der Waals surface area (Å²) in [6, 6.07) is 0.359. The molecule has 0 heterocycles. The van der Waals surface area contributed by atoms with E-state index in [-0.39, 0.29) is 0 Å². The van der Waals surface area contributed by atoms with E-state index in [1.807, 2.05) is 6.08 Å². The van der Waals surface area contributed by atoms with Crippen LogP contribution in [0.1, 0.15) is 46.0 Å². The summed E-state index contributed by atoms with van der Waals surface area (Å²) in [5.74, 6) is 0.785. The van der Waals surface area contributed by atoms with E-state index in [1.165, 1.54) is 32.4 Å². The number of hydrogen-bond donors (Lipinski definition) is 1. The molecule has 0 fully saturated rings. The lowest BCUT2D eigenvalue weighted by Gasteiger charge is -2.21. The average molecular weight is 226 g/mol. The predicted molar refractivity (Wildman–Crippen MR) is 73.6 cm³/mol. The molecule has 0 saturated heterocycles. The van der Waals surface area contributed by atoms with Gasteiger partial charge in [-0.05, 0) is 52.1 Å². The summed E-state index contributed by atoms with van der Waals surface area (Å²) in [5, 5.41) is 0. The van der Waals surface area contributed by atoms with Gasteiger partial charge in [-0.2, -0.15) is 0 Å². The molecule has 0 aliphatic rings. The molecule has 0 bridgehead atoms. The summed E-state index contributed by atoms with van der Waals surface area (Å²) >= 11 is 0. The van der Waals surface area contributed by atoms with Crippen LogP contribution < -0.4 is 5.73 Å². The molecular formula is C14H30N2. The smallest absolute Gasteiger partial charge is 0.00104 e. The number of unbranched alkanes of at least 4 members (excludes halogenated alkanes) is 1. The zero-order valence-corrected chi connectivity index (χ0v) is 11.4. The second-order valence-corrected chi connectivity index (χ2v) is 5.21.